The molecule has 0 fully saturated rings. The topological polar surface area (TPSA) is 85.4 Å². The van der Waals surface area contributed by atoms with Crippen LogP contribution in [0, 0.1) is 0 Å². The Balaban J connectivity index is 2.37. The van der Waals surface area contributed by atoms with E-state index in [0.717, 1.165) is 12.0 Å². The summed E-state index contributed by atoms with van der Waals surface area (Å²) in [7, 11) is 0. The molecule has 0 amide bonds. The van der Waals surface area contributed by atoms with Crippen molar-refractivity contribution in [3.8, 4) is 11.6 Å². The number of halogens is 1. The molecule has 104 valence electrons. The van der Waals surface area contributed by atoms with Gasteiger partial charge >= 0.3 is 5.97 Å². The number of ether oxygens (including phenoxy) is 1. The van der Waals surface area contributed by atoms with Crippen LogP contribution >= 0.6 is 11.6 Å². The zero-order valence-electron chi connectivity index (χ0n) is 10.8. The Bertz CT molecular complexity index is 659. The van der Waals surface area contributed by atoms with Gasteiger partial charge in [-0.1, -0.05) is 18.5 Å². The highest BCUT2D eigenvalue weighted by molar-refractivity contribution is 6.31. The molecule has 3 N–H and O–H groups in total. The number of hydrogen-bond acceptors (Lipinski definition) is 4. The molecule has 0 saturated heterocycles. The number of carboxylic acids is 1. The quantitative estimate of drug-likeness (QED) is 0.902. The Hall–Kier alpha value is -2.27. The predicted octanol–water partition coefficient (Wildman–Crippen LogP) is 3.37. The van der Waals surface area contributed by atoms with Crippen LogP contribution in [-0.2, 0) is 6.42 Å². The van der Waals surface area contributed by atoms with Crippen molar-refractivity contribution in [1.29, 1.82) is 0 Å². The molecule has 2 rings (SSSR count). The summed E-state index contributed by atoms with van der Waals surface area (Å²) >= 11 is 6.02. The minimum Gasteiger partial charge on any atom is -0.477 e. The van der Waals surface area contributed by atoms with E-state index < -0.39 is 5.97 Å². The summed E-state index contributed by atoms with van der Waals surface area (Å²) in [6.07, 6.45) is 2.09. The molecule has 20 heavy (non-hydrogen) atoms. The third kappa shape index (κ3) is 3.00. The number of benzene rings is 1. The molecule has 0 saturated carbocycles. The average molecular weight is 293 g/mol. The Morgan fingerprint density at radius 2 is 2.20 bits per heavy atom. The Labute approximate surface area is 121 Å². The number of pyridine rings is 1. The summed E-state index contributed by atoms with van der Waals surface area (Å²) in [5.41, 5.74) is 6.62. The number of anilines is 1. The van der Waals surface area contributed by atoms with Gasteiger partial charge in [0.05, 0.1) is 11.9 Å². The van der Waals surface area contributed by atoms with Gasteiger partial charge in [0.25, 0.3) is 0 Å². The highest BCUT2D eigenvalue weighted by atomic mass is 35.5. The monoisotopic (exact) mass is 292 g/mol. The molecule has 2 aromatic rings. The highest BCUT2D eigenvalue weighted by Gasteiger charge is 2.14. The molecule has 0 aliphatic carbocycles. The van der Waals surface area contributed by atoms with Crippen LogP contribution in [0.2, 0.25) is 5.02 Å². The second-order valence-corrected chi connectivity index (χ2v) is 4.54. The minimum atomic E-state index is -1.15. The van der Waals surface area contributed by atoms with Crippen LogP contribution in [0.15, 0.2) is 30.5 Å². The summed E-state index contributed by atoms with van der Waals surface area (Å²) in [5, 5.41) is 9.76. The van der Waals surface area contributed by atoms with Crippen LogP contribution in [0.25, 0.3) is 0 Å². The number of carbonyl (C=O) groups is 1. The van der Waals surface area contributed by atoms with Crippen LogP contribution in [-0.4, -0.2) is 16.1 Å². The van der Waals surface area contributed by atoms with E-state index in [1.54, 1.807) is 18.2 Å². The molecule has 0 spiro atoms. The number of carboxylic acid groups (broad SMARTS) is 1. The SMILES string of the molecule is CCc1cc(Oc2ncc(N)cc2C(=O)O)ccc1Cl. The van der Waals surface area contributed by atoms with Gasteiger partial charge in [-0.15, -0.1) is 0 Å². The van der Waals surface area contributed by atoms with Gasteiger partial charge in [-0.25, -0.2) is 9.78 Å². The van der Waals surface area contributed by atoms with E-state index in [-0.39, 0.29) is 17.1 Å². The average Bonchev–Trinajstić information content (AvgIpc) is 2.42. The van der Waals surface area contributed by atoms with Gasteiger partial charge < -0.3 is 15.6 Å². The molecule has 1 aromatic heterocycles. The fourth-order valence-electron chi connectivity index (χ4n) is 1.70. The van der Waals surface area contributed by atoms with Crippen LogP contribution in [0.3, 0.4) is 0 Å². The molecule has 1 heterocycles. The maximum absolute atomic E-state index is 11.1. The molecule has 0 aliphatic rings. The lowest BCUT2D eigenvalue weighted by atomic mass is 10.1. The van der Waals surface area contributed by atoms with Gasteiger partial charge in [0.15, 0.2) is 0 Å². The molecule has 0 bridgehead atoms. The maximum Gasteiger partial charge on any atom is 0.341 e. The first-order chi connectivity index (χ1) is 9.51. The molecule has 0 radical (unpaired) electrons. The van der Waals surface area contributed by atoms with Crippen molar-refractivity contribution in [2.45, 2.75) is 13.3 Å². The standard InChI is InChI=1S/C14H13ClN2O3/c1-2-8-5-10(3-4-12(8)15)20-13-11(14(18)19)6-9(16)7-17-13/h3-7H,2,16H2,1H3,(H,18,19). The van der Waals surface area contributed by atoms with E-state index >= 15 is 0 Å². The Morgan fingerprint density at radius 3 is 2.85 bits per heavy atom. The summed E-state index contributed by atoms with van der Waals surface area (Å²) in [5.74, 6) is -0.674. The molecule has 0 unspecified atom stereocenters. The smallest absolute Gasteiger partial charge is 0.341 e. The molecule has 5 nitrogen and oxygen atoms in total. The first-order valence-corrected chi connectivity index (χ1v) is 6.34. The van der Waals surface area contributed by atoms with Crippen molar-refractivity contribution in [1.82, 2.24) is 4.98 Å². The first-order valence-electron chi connectivity index (χ1n) is 5.96. The number of hydrogen-bond donors (Lipinski definition) is 2. The molecular weight excluding hydrogens is 280 g/mol. The predicted molar refractivity (Wildman–Crippen MR) is 76.5 cm³/mol. The number of nitrogens with two attached hydrogens (primary N) is 1. The van der Waals surface area contributed by atoms with E-state index in [4.69, 9.17) is 27.2 Å². The van der Waals surface area contributed by atoms with Gasteiger partial charge in [-0.05, 0) is 36.2 Å². The van der Waals surface area contributed by atoms with Crippen molar-refractivity contribution in [3.63, 3.8) is 0 Å². The number of aromatic carboxylic acids is 1. The number of nitrogen functional groups attached to an aromatic ring is 1. The lowest BCUT2D eigenvalue weighted by Crippen LogP contribution is -2.03. The van der Waals surface area contributed by atoms with Crippen molar-refractivity contribution in [2.75, 3.05) is 5.73 Å². The zero-order valence-corrected chi connectivity index (χ0v) is 11.5. The van der Waals surface area contributed by atoms with Crippen molar-refractivity contribution < 1.29 is 14.6 Å². The lowest BCUT2D eigenvalue weighted by molar-refractivity contribution is 0.0693. The molecule has 0 aliphatic heterocycles. The molecule has 1 aromatic carbocycles. The van der Waals surface area contributed by atoms with Crippen molar-refractivity contribution in [2.24, 2.45) is 0 Å². The third-order valence-corrected chi connectivity index (χ3v) is 3.08. The van der Waals surface area contributed by atoms with E-state index in [1.807, 2.05) is 6.92 Å². The van der Waals surface area contributed by atoms with Gasteiger partial charge in [0.1, 0.15) is 11.3 Å². The van der Waals surface area contributed by atoms with E-state index in [9.17, 15) is 4.79 Å². The summed E-state index contributed by atoms with van der Waals surface area (Å²) in [6.45, 7) is 1.97. The summed E-state index contributed by atoms with van der Waals surface area (Å²) in [4.78, 5) is 15.1. The third-order valence-electron chi connectivity index (χ3n) is 2.72. The van der Waals surface area contributed by atoms with Crippen LogP contribution in [0.4, 0.5) is 5.69 Å². The molecule has 6 heteroatoms. The van der Waals surface area contributed by atoms with Crippen LogP contribution in [0.1, 0.15) is 22.8 Å². The zero-order chi connectivity index (χ0) is 14.7. The second-order valence-electron chi connectivity index (χ2n) is 4.14. The van der Waals surface area contributed by atoms with Gasteiger partial charge in [-0.3, -0.25) is 0 Å². The Morgan fingerprint density at radius 1 is 1.45 bits per heavy atom. The fourth-order valence-corrected chi connectivity index (χ4v) is 1.95. The number of aromatic nitrogens is 1. The van der Waals surface area contributed by atoms with Crippen molar-refractivity contribution in [3.05, 3.63) is 46.6 Å². The fraction of sp³-hybridized carbons (Fsp3) is 0.143. The first kappa shape index (κ1) is 14.1. The second kappa shape index (κ2) is 5.79. The van der Waals surface area contributed by atoms with Crippen LogP contribution < -0.4 is 10.5 Å². The Kier molecular flexibility index (Phi) is 4.10. The van der Waals surface area contributed by atoms with Gasteiger partial charge in [0.2, 0.25) is 5.88 Å². The van der Waals surface area contributed by atoms with E-state index in [1.165, 1.54) is 12.3 Å². The molecular formula is C14H13ClN2O3. The lowest BCUT2D eigenvalue weighted by Gasteiger charge is -2.10. The van der Waals surface area contributed by atoms with Gasteiger partial charge in [0, 0.05) is 5.02 Å². The minimum absolute atomic E-state index is 0.00363. The number of aryl methyl sites for hydroxylation is 1. The van der Waals surface area contributed by atoms with Crippen molar-refractivity contribution >= 4 is 23.3 Å². The highest BCUT2D eigenvalue weighted by Crippen LogP contribution is 2.28. The summed E-state index contributed by atoms with van der Waals surface area (Å²) in [6, 6.07) is 6.42. The summed E-state index contributed by atoms with van der Waals surface area (Å²) < 4.78 is 5.52. The maximum atomic E-state index is 11.1. The van der Waals surface area contributed by atoms with E-state index in [0.29, 0.717) is 10.8 Å². The normalized spacial score (nSPS) is 10.3. The van der Waals surface area contributed by atoms with E-state index in [2.05, 4.69) is 4.98 Å². The van der Waals surface area contributed by atoms with Crippen LogP contribution in [0.5, 0.6) is 11.6 Å². The number of nitrogens with zero attached hydrogens (tertiary/aromatic N) is 1. The molecule has 0 atom stereocenters. The van der Waals surface area contributed by atoms with Gasteiger partial charge in [-0.2, -0.15) is 0 Å². The number of rotatable bonds is 4. The largest absolute Gasteiger partial charge is 0.477 e.